The fourth-order valence-corrected chi connectivity index (χ4v) is 3.70. The highest BCUT2D eigenvalue weighted by atomic mass is 16.5. The van der Waals surface area contributed by atoms with Crippen LogP contribution in [0.25, 0.3) is 11.3 Å². The molecule has 0 aliphatic rings. The summed E-state index contributed by atoms with van der Waals surface area (Å²) in [6.45, 7) is 4.06. The molecule has 10 heteroatoms. The molecule has 35 heavy (non-hydrogen) atoms. The van der Waals surface area contributed by atoms with Crippen molar-refractivity contribution < 1.29 is 9.32 Å². The fourth-order valence-electron chi connectivity index (χ4n) is 3.70. The molecule has 0 saturated heterocycles. The van der Waals surface area contributed by atoms with E-state index >= 15 is 0 Å². The number of nitrogens with two attached hydrogens (primary N) is 1. The number of rotatable bonds is 8. The SMILES string of the molecule is CCN(CC(=O)Nc1cc(-c2ccc(C)cc2)no1)c1c(N)n(Cc2ccccc2)c(=O)[nH]c1=O. The highest BCUT2D eigenvalue weighted by Gasteiger charge is 2.21. The van der Waals surface area contributed by atoms with E-state index in [-0.39, 0.29) is 30.5 Å². The molecule has 0 saturated carbocycles. The topological polar surface area (TPSA) is 139 Å². The average molecular weight is 475 g/mol. The van der Waals surface area contributed by atoms with E-state index < -0.39 is 17.2 Å². The lowest BCUT2D eigenvalue weighted by Crippen LogP contribution is -2.41. The van der Waals surface area contributed by atoms with Gasteiger partial charge in [-0.2, -0.15) is 0 Å². The van der Waals surface area contributed by atoms with Gasteiger partial charge in [-0.15, -0.1) is 0 Å². The van der Waals surface area contributed by atoms with Gasteiger partial charge < -0.3 is 15.2 Å². The summed E-state index contributed by atoms with van der Waals surface area (Å²) in [5, 5.41) is 6.65. The Bertz CT molecular complexity index is 1440. The Labute approximate surface area is 201 Å². The zero-order chi connectivity index (χ0) is 24.9. The third-order valence-corrected chi connectivity index (χ3v) is 5.55. The van der Waals surface area contributed by atoms with Gasteiger partial charge in [-0.3, -0.25) is 24.5 Å². The lowest BCUT2D eigenvalue weighted by molar-refractivity contribution is -0.115. The van der Waals surface area contributed by atoms with Crippen LogP contribution in [-0.2, 0) is 11.3 Å². The largest absolute Gasteiger partial charge is 0.383 e. The van der Waals surface area contributed by atoms with Gasteiger partial charge in [0.1, 0.15) is 17.2 Å². The van der Waals surface area contributed by atoms with Crippen molar-refractivity contribution in [2.45, 2.75) is 20.4 Å². The molecule has 1 amide bonds. The highest BCUT2D eigenvalue weighted by molar-refractivity contribution is 5.93. The van der Waals surface area contributed by atoms with Crippen molar-refractivity contribution in [3.05, 3.63) is 92.6 Å². The Morgan fingerprint density at radius 3 is 2.54 bits per heavy atom. The summed E-state index contributed by atoms with van der Waals surface area (Å²) in [4.78, 5) is 41.6. The standard InChI is InChI=1S/C25H26N6O4/c1-3-30(15-20(32)27-21-13-19(29-35-21)18-11-9-16(2)10-12-18)22-23(26)31(25(34)28-24(22)33)14-17-7-5-4-6-8-17/h4-13H,3,14-15,26H2,1-2H3,(H,27,32)(H,28,33,34). The van der Waals surface area contributed by atoms with E-state index in [1.807, 2.05) is 61.5 Å². The minimum atomic E-state index is -0.659. The first-order valence-electron chi connectivity index (χ1n) is 11.1. The van der Waals surface area contributed by atoms with Gasteiger partial charge in [0.2, 0.25) is 11.8 Å². The molecule has 0 spiro atoms. The van der Waals surface area contributed by atoms with Crippen molar-refractivity contribution in [3.8, 4) is 11.3 Å². The number of carbonyl (C=O) groups is 1. The molecular weight excluding hydrogens is 448 g/mol. The summed E-state index contributed by atoms with van der Waals surface area (Å²) in [6.07, 6.45) is 0. The van der Waals surface area contributed by atoms with Gasteiger partial charge in [-0.25, -0.2) is 4.79 Å². The van der Waals surface area contributed by atoms with E-state index in [4.69, 9.17) is 10.3 Å². The molecule has 0 atom stereocenters. The molecule has 2 heterocycles. The van der Waals surface area contributed by atoms with Crippen LogP contribution in [0.4, 0.5) is 17.4 Å². The Kier molecular flexibility index (Phi) is 6.81. The fraction of sp³-hybridized carbons (Fsp3) is 0.200. The summed E-state index contributed by atoms with van der Waals surface area (Å²) in [6, 6.07) is 18.6. The number of hydrogen-bond donors (Lipinski definition) is 3. The monoisotopic (exact) mass is 474 g/mol. The molecule has 0 unspecified atom stereocenters. The van der Waals surface area contributed by atoms with Gasteiger partial charge >= 0.3 is 5.69 Å². The number of aromatic amines is 1. The maximum absolute atomic E-state index is 12.7. The van der Waals surface area contributed by atoms with Crippen molar-refractivity contribution in [1.82, 2.24) is 14.7 Å². The second-order valence-electron chi connectivity index (χ2n) is 8.07. The minimum absolute atomic E-state index is 0.0152. The predicted molar refractivity (Wildman–Crippen MR) is 134 cm³/mol. The Morgan fingerprint density at radius 1 is 1.14 bits per heavy atom. The van der Waals surface area contributed by atoms with Crippen molar-refractivity contribution >= 4 is 23.3 Å². The highest BCUT2D eigenvalue weighted by Crippen LogP contribution is 2.22. The van der Waals surface area contributed by atoms with Gasteiger partial charge in [-0.1, -0.05) is 65.3 Å². The number of carbonyl (C=O) groups excluding carboxylic acids is 1. The summed E-state index contributed by atoms with van der Waals surface area (Å²) in [5.74, 6) is -0.269. The van der Waals surface area contributed by atoms with Crippen LogP contribution < -0.4 is 27.2 Å². The van der Waals surface area contributed by atoms with E-state index in [0.29, 0.717) is 12.2 Å². The number of nitrogens with zero attached hydrogens (tertiary/aromatic N) is 3. The maximum atomic E-state index is 12.7. The summed E-state index contributed by atoms with van der Waals surface area (Å²) >= 11 is 0. The summed E-state index contributed by atoms with van der Waals surface area (Å²) < 4.78 is 6.53. The number of H-pyrrole nitrogens is 1. The molecule has 4 N–H and O–H groups in total. The smallest absolute Gasteiger partial charge is 0.330 e. The molecule has 0 fully saturated rings. The molecule has 0 radical (unpaired) electrons. The Morgan fingerprint density at radius 2 is 1.86 bits per heavy atom. The number of aryl methyl sites for hydroxylation is 1. The van der Waals surface area contributed by atoms with Crippen LogP contribution in [0.5, 0.6) is 0 Å². The van der Waals surface area contributed by atoms with Crippen molar-refractivity contribution in [3.63, 3.8) is 0 Å². The molecule has 4 rings (SSSR count). The number of aromatic nitrogens is 3. The Hall–Kier alpha value is -4.60. The number of amides is 1. The third kappa shape index (κ3) is 5.32. The maximum Gasteiger partial charge on any atom is 0.330 e. The first-order valence-corrected chi connectivity index (χ1v) is 11.1. The number of anilines is 3. The molecule has 4 aromatic rings. The lowest BCUT2D eigenvalue weighted by Gasteiger charge is -2.24. The van der Waals surface area contributed by atoms with Crippen LogP contribution >= 0.6 is 0 Å². The molecule has 0 bridgehead atoms. The number of hydrogen-bond acceptors (Lipinski definition) is 7. The molecule has 0 aliphatic heterocycles. The average Bonchev–Trinajstić information content (AvgIpc) is 3.30. The normalized spacial score (nSPS) is 10.8. The molecule has 2 aromatic carbocycles. The predicted octanol–water partition coefficient (Wildman–Crippen LogP) is 2.60. The van der Waals surface area contributed by atoms with Crippen molar-refractivity contribution in [2.24, 2.45) is 0 Å². The second kappa shape index (κ2) is 10.1. The number of nitrogen functional groups attached to an aromatic ring is 1. The van der Waals surface area contributed by atoms with Gasteiger partial charge in [-0.05, 0) is 19.4 Å². The Balaban J connectivity index is 1.53. The van der Waals surface area contributed by atoms with Crippen molar-refractivity contribution in [1.29, 1.82) is 0 Å². The summed E-state index contributed by atoms with van der Waals surface area (Å²) in [7, 11) is 0. The quantitative estimate of drug-likeness (QED) is 0.357. The zero-order valence-corrected chi connectivity index (χ0v) is 19.4. The van der Waals surface area contributed by atoms with Crippen LogP contribution in [0.15, 0.2) is 74.8 Å². The van der Waals surface area contributed by atoms with Gasteiger partial charge in [0.05, 0.1) is 13.1 Å². The van der Waals surface area contributed by atoms with E-state index in [1.165, 1.54) is 9.47 Å². The number of nitrogens with one attached hydrogen (secondary N) is 2. The third-order valence-electron chi connectivity index (χ3n) is 5.55. The lowest BCUT2D eigenvalue weighted by atomic mass is 10.1. The van der Waals surface area contributed by atoms with Crippen molar-refractivity contribution in [2.75, 3.05) is 29.0 Å². The van der Waals surface area contributed by atoms with Crippen LogP contribution in [0.3, 0.4) is 0 Å². The van der Waals surface area contributed by atoms with Crippen LogP contribution in [0.1, 0.15) is 18.1 Å². The number of benzene rings is 2. The molecular formula is C25H26N6O4. The van der Waals surface area contributed by atoms with Gasteiger partial charge in [0.15, 0.2) is 0 Å². The van der Waals surface area contributed by atoms with E-state index in [9.17, 15) is 14.4 Å². The molecule has 180 valence electrons. The molecule has 10 nitrogen and oxygen atoms in total. The van der Waals surface area contributed by atoms with E-state index in [1.54, 1.807) is 13.0 Å². The second-order valence-corrected chi connectivity index (χ2v) is 8.07. The van der Waals surface area contributed by atoms with E-state index in [2.05, 4.69) is 15.5 Å². The van der Waals surface area contributed by atoms with Crippen LogP contribution in [-0.4, -0.2) is 33.7 Å². The first kappa shape index (κ1) is 23.6. The zero-order valence-electron chi connectivity index (χ0n) is 19.4. The minimum Gasteiger partial charge on any atom is -0.383 e. The molecule has 2 aromatic heterocycles. The first-order chi connectivity index (χ1) is 16.9. The van der Waals surface area contributed by atoms with E-state index in [0.717, 1.165) is 16.7 Å². The summed E-state index contributed by atoms with van der Waals surface area (Å²) in [5.41, 5.74) is 8.43. The molecule has 0 aliphatic carbocycles. The van der Waals surface area contributed by atoms with Crippen LogP contribution in [0.2, 0.25) is 0 Å². The van der Waals surface area contributed by atoms with Gasteiger partial charge in [0, 0.05) is 18.2 Å². The number of likely N-dealkylation sites (N-methyl/N-ethyl adjacent to an activating group) is 1. The van der Waals surface area contributed by atoms with Crippen LogP contribution in [0, 0.1) is 6.92 Å². The van der Waals surface area contributed by atoms with Gasteiger partial charge in [0.25, 0.3) is 5.56 Å².